The highest BCUT2D eigenvalue weighted by Gasteiger charge is 2.17. The van der Waals surface area contributed by atoms with Crippen LogP contribution in [0.25, 0.3) is 0 Å². The van der Waals surface area contributed by atoms with E-state index in [1.165, 1.54) is 0 Å². The lowest BCUT2D eigenvalue weighted by Gasteiger charge is -2.15. The Labute approximate surface area is 107 Å². The second-order valence-electron chi connectivity index (χ2n) is 4.40. The fourth-order valence-corrected chi connectivity index (χ4v) is 1.99. The van der Waals surface area contributed by atoms with Gasteiger partial charge in [-0.05, 0) is 31.5 Å². The van der Waals surface area contributed by atoms with Crippen molar-refractivity contribution in [2.24, 2.45) is 5.73 Å². The standard InChI is InChI=1S/C13H19N3O2/c14-6-5-11-3-4-12(9-15-11)18-10-13(17)16-7-1-2-8-16/h3-4,9H,1-2,5-8,10,14H2. The number of nitrogens with two attached hydrogens (primary N) is 1. The number of ether oxygens (including phenoxy) is 1. The van der Waals surface area contributed by atoms with Gasteiger partial charge in [0.15, 0.2) is 6.61 Å². The molecule has 18 heavy (non-hydrogen) atoms. The first-order valence-corrected chi connectivity index (χ1v) is 6.35. The molecular weight excluding hydrogens is 230 g/mol. The Hall–Kier alpha value is -1.62. The third kappa shape index (κ3) is 3.43. The van der Waals surface area contributed by atoms with Crippen LogP contribution in [0, 0.1) is 0 Å². The summed E-state index contributed by atoms with van der Waals surface area (Å²) < 4.78 is 5.43. The number of hydrogen-bond donors (Lipinski definition) is 1. The fraction of sp³-hybridized carbons (Fsp3) is 0.538. The van der Waals surface area contributed by atoms with Crippen molar-refractivity contribution in [1.29, 1.82) is 0 Å². The first-order chi connectivity index (χ1) is 8.79. The van der Waals surface area contributed by atoms with Crippen LogP contribution in [0.1, 0.15) is 18.5 Å². The zero-order chi connectivity index (χ0) is 12.8. The van der Waals surface area contributed by atoms with E-state index in [1.807, 2.05) is 17.0 Å². The molecule has 0 radical (unpaired) electrons. The van der Waals surface area contributed by atoms with E-state index >= 15 is 0 Å². The summed E-state index contributed by atoms with van der Waals surface area (Å²) in [6, 6.07) is 3.71. The molecule has 0 spiro atoms. The molecule has 98 valence electrons. The average molecular weight is 249 g/mol. The Bertz CT molecular complexity index is 386. The van der Waals surface area contributed by atoms with Crippen molar-refractivity contribution in [2.75, 3.05) is 26.2 Å². The summed E-state index contributed by atoms with van der Waals surface area (Å²) in [7, 11) is 0. The van der Waals surface area contributed by atoms with Crippen LogP contribution >= 0.6 is 0 Å². The van der Waals surface area contributed by atoms with Crippen LogP contribution in [-0.4, -0.2) is 42.0 Å². The Morgan fingerprint density at radius 1 is 1.39 bits per heavy atom. The minimum Gasteiger partial charge on any atom is -0.482 e. The third-order valence-electron chi connectivity index (χ3n) is 3.02. The van der Waals surface area contributed by atoms with Crippen LogP contribution in [0.4, 0.5) is 0 Å². The van der Waals surface area contributed by atoms with Crippen molar-refractivity contribution in [3.05, 3.63) is 24.0 Å². The number of nitrogens with zero attached hydrogens (tertiary/aromatic N) is 2. The average Bonchev–Trinajstić information content (AvgIpc) is 2.92. The highest BCUT2D eigenvalue weighted by atomic mass is 16.5. The maximum Gasteiger partial charge on any atom is 0.260 e. The second kappa shape index (κ2) is 6.35. The van der Waals surface area contributed by atoms with Crippen molar-refractivity contribution >= 4 is 5.91 Å². The van der Waals surface area contributed by atoms with Crippen molar-refractivity contribution in [3.63, 3.8) is 0 Å². The normalized spacial score (nSPS) is 14.8. The van der Waals surface area contributed by atoms with Gasteiger partial charge in [0.05, 0.1) is 6.20 Å². The van der Waals surface area contributed by atoms with Crippen LogP contribution < -0.4 is 10.5 Å². The molecule has 2 heterocycles. The van der Waals surface area contributed by atoms with Crippen LogP contribution in [-0.2, 0) is 11.2 Å². The molecule has 2 N–H and O–H groups in total. The van der Waals surface area contributed by atoms with Gasteiger partial charge in [-0.2, -0.15) is 0 Å². The number of likely N-dealkylation sites (tertiary alicyclic amines) is 1. The largest absolute Gasteiger partial charge is 0.482 e. The number of carbonyl (C=O) groups excluding carboxylic acids is 1. The molecule has 1 fully saturated rings. The van der Waals surface area contributed by atoms with Gasteiger partial charge in [-0.1, -0.05) is 0 Å². The molecule has 0 aliphatic carbocycles. The summed E-state index contributed by atoms with van der Waals surface area (Å²) in [5.74, 6) is 0.682. The molecule has 1 aliphatic rings. The number of pyridine rings is 1. The number of rotatable bonds is 5. The molecule has 1 aromatic rings. The molecule has 0 saturated carbocycles. The molecule has 0 atom stereocenters. The van der Waals surface area contributed by atoms with Crippen LogP contribution in [0.5, 0.6) is 5.75 Å². The molecular formula is C13H19N3O2. The first kappa shape index (κ1) is 12.8. The van der Waals surface area contributed by atoms with E-state index in [-0.39, 0.29) is 12.5 Å². The third-order valence-corrected chi connectivity index (χ3v) is 3.02. The first-order valence-electron chi connectivity index (χ1n) is 6.35. The Morgan fingerprint density at radius 2 is 2.17 bits per heavy atom. The van der Waals surface area contributed by atoms with Gasteiger partial charge in [-0.25, -0.2) is 0 Å². The molecule has 1 aromatic heterocycles. The smallest absolute Gasteiger partial charge is 0.260 e. The highest BCUT2D eigenvalue weighted by molar-refractivity contribution is 5.77. The minimum absolute atomic E-state index is 0.0542. The van der Waals surface area contributed by atoms with Gasteiger partial charge in [0.25, 0.3) is 5.91 Å². The summed E-state index contributed by atoms with van der Waals surface area (Å²) in [6.45, 7) is 2.39. The van der Waals surface area contributed by atoms with E-state index < -0.39 is 0 Å². The lowest BCUT2D eigenvalue weighted by atomic mass is 10.3. The Kier molecular flexibility index (Phi) is 4.52. The van der Waals surface area contributed by atoms with Gasteiger partial charge >= 0.3 is 0 Å². The maximum atomic E-state index is 11.8. The predicted octanol–water partition coefficient (Wildman–Crippen LogP) is 0.584. The number of aromatic nitrogens is 1. The van der Waals surface area contributed by atoms with Crippen molar-refractivity contribution in [3.8, 4) is 5.75 Å². The molecule has 0 aromatic carbocycles. The van der Waals surface area contributed by atoms with Crippen LogP contribution in [0.2, 0.25) is 0 Å². The van der Waals surface area contributed by atoms with Crippen LogP contribution in [0.3, 0.4) is 0 Å². The molecule has 1 saturated heterocycles. The van der Waals surface area contributed by atoms with E-state index in [0.717, 1.165) is 38.0 Å². The van der Waals surface area contributed by atoms with Gasteiger partial charge in [0, 0.05) is 25.2 Å². The highest BCUT2D eigenvalue weighted by Crippen LogP contribution is 2.11. The zero-order valence-electron chi connectivity index (χ0n) is 10.5. The topological polar surface area (TPSA) is 68.5 Å². The summed E-state index contributed by atoms with van der Waals surface area (Å²) in [5, 5.41) is 0. The monoisotopic (exact) mass is 249 g/mol. The van der Waals surface area contributed by atoms with Gasteiger partial charge < -0.3 is 15.4 Å². The molecule has 5 nitrogen and oxygen atoms in total. The van der Waals surface area contributed by atoms with Gasteiger partial charge in [0.2, 0.25) is 0 Å². The summed E-state index contributed by atoms with van der Waals surface area (Å²) >= 11 is 0. The minimum atomic E-state index is 0.0542. The number of amides is 1. The second-order valence-corrected chi connectivity index (χ2v) is 4.40. The summed E-state index contributed by atoms with van der Waals surface area (Å²) in [6.07, 6.45) is 4.59. The molecule has 2 rings (SSSR count). The Balaban J connectivity index is 1.80. The van der Waals surface area contributed by atoms with Crippen molar-refractivity contribution in [1.82, 2.24) is 9.88 Å². The molecule has 1 amide bonds. The molecule has 1 aliphatic heterocycles. The zero-order valence-corrected chi connectivity index (χ0v) is 10.5. The maximum absolute atomic E-state index is 11.8. The van der Waals surface area contributed by atoms with Crippen molar-refractivity contribution in [2.45, 2.75) is 19.3 Å². The lowest BCUT2D eigenvalue weighted by molar-refractivity contribution is -0.132. The summed E-state index contributed by atoms with van der Waals surface area (Å²) in [5.41, 5.74) is 6.39. The van der Waals surface area contributed by atoms with Gasteiger partial charge in [-0.3, -0.25) is 9.78 Å². The SMILES string of the molecule is NCCc1ccc(OCC(=O)N2CCCC2)cn1. The lowest BCUT2D eigenvalue weighted by Crippen LogP contribution is -2.32. The fourth-order valence-electron chi connectivity index (χ4n) is 1.99. The molecule has 0 unspecified atom stereocenters. The molecule has 5 heteroatoms. The van der Waals surface area contributed by atoms with E-state index in [2.05, 4.69) is 4.98 Å². The summed E-state index contributed by atoms with van der Waals surface area (Å²) in [4.78, 5) is 17.8. The van der Waals surface area contributed by atoms with Gasteiger partial charge in [0.1, 0.15) is 5.75 Å². The van der Waals surface area contributed by atoms with Crippen molar-refractivity contribution < 1.29 is 9.53 Å². The van der Waals surface area contributed by atoms with Crippen LogP contribution in [0.15, 0.2) is 18.3 Å². The Morgan fingerprint density at radius 3 is 2.78 bits per heavy atom. The van der Waals surface area contributed by atoms with E-state index in [4.69, 9.17) is 10.5 Å². The van der Waals surface area contributed by atoms with E-state index in [9.17, 15) is 4.79 Å². The number of carbonyl (C=O) groups is 1. The van der Waals surface area contributed by atoms with Gasteiger partial charge in [-0.15, -0.1) is 0 Å². The van der Waals surface area contributed by atoms with E-state index in [1.54, 1.807) is 6.20 Å². The molecule has 0 bridgehead atoms. The quantitative estimate of drug-likeness (QED) is 0.829. The predicted molar refractivity (Wildman–Crippen MR) is 68.3 cm³/mol. The van der Waals surface area contributed by atoms with E-state index in [0.29, 0.717) is 12.3 Å². The number of hydrogen-bond acceptors (Lipinski definition) is 4.